The molecular formula is C19H33N6O3P. The molecule has 0 unspecified atom stereocenters. The lowest BCUT2D eigenvalue weighted by atomic mass is 10.3. The van der Waals surface area contributed by atoms with Crippen LogP contribution in [0.4, 0.5) is 10.5 Å². The number of benzene rings is 1. The first-order valence-corrected chi connectivity index (χ1v) is 10.9. The summed E-state index contributed by atoms with van der Waals surface area (Å²) in [5.74, 6) is -0.455. The predicted octanol–water partition coefficient (Wildman–Crippen LogP) is 2.37. The van der Waals surface area contributed by atoms with Crippen molar-refractivity contribution in [2.75, 3.05) is 54.2 Å². The van der Waals surface area contributed by atoms with Crippen molar-refractivity contribution in [3.63, 3.8) is 0 Å². The standard InChI is InChI=1S/C19H33N6O3P/c1-9-28-18(26)17(29(23(3)4,24(5)6)25(7)8)15(2)21-22-19(27)20-16-13-11-10-12-14-16/h10-14H,9H2,1-8H3,(H2,20,22,27)/b21-15+. The molecule has 0 aromatic heterocycles. The predicted molar refractivity (Wildman–Crippen MR) is 121 cm³/mol. The van der Waals surface area contributed by atoms with Crippen LogP contribution in [-0.4, -0.2) is 85.9 Å². The van der Waals surface area contributed by atoms with Gasteiger partial charge in [-0.05, 0) is 68.3 Å². The molecular weight excluding hydrogens is 391 g/mol. The van der Waals surface area contributed by atoms with Crippen molar-refractivity contribution in [2.45, 2.75) is 13.8 Å². The molecule has 0 aliphatic rings. The summed E-state index contributed by atoms with van der Waals surface area (Å²) in [5, 5.41) is 7.31. The fraction of sp³-hybridized carbons (Fsp3) is 0.474. The molecule has 0 atom stereocenters. The molecule has 0 aliphatic heterocycles. The highest BCUT2D eigenvalue weighted by molar-refractivity contribution is 7.73. The Labute approximate surface area is 173 Å². The highest BCUT2D eigenvalue weighted by Gasteiger charge is 2.37. The van der Waals surface area contributed by atoms with Crippen LogP contribution in [-0.2, 0) is 9.53 Å². The maximum Gasteiger partial charge on any atom is 0.343 e. The number of esters is 1. The van der Waals surface area contributed by atoms with Crippen LogP contribution >= 0.6 is 7.34 Å². The van der Waals surface area contributed by atoms with E-state index in [2.05, 4.69) is 15.8 Å². The Bertz CT molecular complexity index is 762. The van der Waals surface area contributed by atoms with Gasteiger partial charge in [0.05, 0.1) is 19.7 Å². The van der Waals surface area contributed by atoms with Crippen molar-refractivity contribution in [1.29, 1.82) is 0 Å². The van der Waals surface area contributed by atoms with Gasteiger partial charge in [-0.3, -0.25) is 14.0 Å². The number of carbonyl (C=O) groups is 2. The minimum atomic E-state index is -2.45. The third-order valence-corrected chi connectivity index (χ3v) is 8.59. The number of carbonyl (C=O) groups excluding carboxylic acids is 2. The third-order valence-electron chi connectivity index (χ3n) is 4.14. The van der Waals surface area contributed by atoms with E-state index in [4.69, 9.17) is 4.74 Å². The SMILES string of the molecule is CCOC(=O)C(/C(C)=N/NC(=O)Nc1ccccc1)=P(N(C)C)(N(C)C)N(C)C. The fourth-order valence-corrected chi connectivity index (χ4v) is 7.37. The zero-order valence-corrected chi connectivity index (χ0v) is 19.4. The molecule has 10 heteroatoms. The topological polar surface area (TPSA) is 89.5 Å². The second-order valence-electron chi connectivity index (χ2n) is 6.81. The molecule has 0 aliphatic carbocycles. The highest BCUT2D eigenvalue weighted by atomic mass is 31.2. The molecule has 0 heterocycles. The quantitative estimate of drug-likeness (QED) is 0.288. The van der Waals surface area contributed by atoms with E-state index < -0.39 is 19.3 Å². The molecule has 2 amide bonds. The van der Waals surface area contributed by atoms with Gasteiger partial charge in [-0.1, -0.05) is 18.2 Å². The zero-order chi connectivity index (χ0) is 22.2. The molecule has 0 bridgehead atoms. The Balaban J connectivity index is 3.40. The van der Waals surface area contributed by atoms with Crippen LogP contribution in [0.5, 0.6) is 0 Å². The molecule has 1 aromatic rings. The van der Waals surface area contributed by atoms with Crippen molar-refractivity contribution < 1.29 is 14.3 Å². The highest BCUT2D eigenvalue weighted by Crippen LogP contribution is 2.54. The van der Waals surface area contributed by atoms with Gasteiger partial charge in [-0.15, -0.1) is 0 Å². The van der Waals surface area contributed by atoms with Crippen molar-refractivity contribution >= 4 is 36.0 Å². The summed E-state index contributed by atoms with van der Waals surface area (Å²) in [6.45, 7) is 3.70. The largest absolute Gasteiger partial charge is 0.462 e. The molecule has 1 aromatic carbocycles. The number of para-hydroxylation sites is 1. The monoisotopic (exact) mass is 424 g/mol. The molecule has 2 N–H and O–H groups in total. The lowest BCUT2D eigenvalue weighted by Gasteiger charge is -2.44. The number of hydrazone groups is 1. The number of urea groups is 1. The number of hydrogen-bond acceptors (Lipinski definition) is 7. The second-order valence-corrected chi connectivity index (χ2v) is 10.8. The number of nitrogens with one attached hydrogen (secondary N) is 2. The third kappa shape index (κ3) is 5.90. The van der Waals surface area contributed by atoms with Crippen molar-refractivity contribution in [3.05, 3.63) is 30.3 Å². The molecule has 0 saturated carbocycles. The van der Waals surface area contributed by atoms with E-state index >= 15 is 0 Å². The van der Waals surface area contributed by atoms with E-state index in [1.165, 1.54) is 0 Å². The maximum atomic E-state index is 13.0. The summed E-state index contributed by atoms with van der Waals surface area (Å²) in [5.41, 5.74) is 3.50. The first kappa shape index (κ1) is 24.8. The van der Waals surface area contributed by atoms with Crippen LogP contribution in [0.2, 0.25) is 0 Å². The van der Waals surface area contributed by atoms with Gasteiger partial charge in [0, 0.05) is 5.69 Å². The van der Waals surface area contributed by atoms with Gasteiger partial charge in [0.25, 0.3) is 0 Å². The molecule has 9 nitrogen and oxygen atoms in total. The van der Waals surface area contributed by atoms with Gasteiger partial charge in [0.1, 0.15) is 5.29 Å². The van der Waals surface area contributed by atoms with Crippen molar-refractivity contribution in [3.8, 4) is 0 Å². The molecule has 162 valence electrons. The van der Waals surface area contributed by atoms with Gasteiger partial charge in [-0.25, -0.2) is 15.0 Å². The van der Waals surface area contributed by atoms with E-state index in [1.807, 2.05) is 74.5 Å². The molecule has 0 saturated heterocycles. The van der Waals surface area contributed by atoms with E-state index in [0.29, 0.717) is 16.7 Å². The Kier molecular flexibility index (Phi) is 9.52. The summed E-state index contributed by atoms with van der Waals surface area (Å²) in [4.78, 5) is 25.2. The van der Waals surface area contributed by atoms with Crippen LogP contribution in [0.3, 0.4) is 0 Å². The molecule has 0 spiro atoms. The molecule has 0 fully saturated rings. The fourth-order valence-electron chi connectivity index (χ4n) is 3.23. The lowest BCUT2D eigenvalue weighted by molar-refractivity contribution is -0.134. The number of nitrogens with zero attached hydrogens (tertiary/aromatic N) is 4. The average Bonchev–Trinajstić information content (AvgIpc) is 2.64. The molecule has 1 rings (SSSR count). The van der Waals surface area contributed by atoms with Gasteiger partial charge in [0.2, 0.25) is 0 Å². The van der Waals surface area contributed by atoms with Crippen LogP contribution in [0.15, 0.2) is 35.4 Å². The Hall–Kier alpha value is -2.19. The first-order valence-electron chi connectivity index (χ1n) is 9.22. The Morgan fingerprint density at radius 3 is 1.97 bits per heavy atom. The summed E-state index contributed by atoms with van der Waals surface area (Å²) < 4.78 is 11.4. The number of rotatable bonds is 8. The van der Waals surface area contributed by atoms with Crippen LogP contribution in [0.25, 0.3) is 0 Å². The van der Waals surface area contributed by atoms with Crippen LogP contribution in [0, 0.1) is 0 Å². The van der Waals surface area contributed by atoms with Crippen molar-refractivity contribution in [2.24, 2.45) is 5.10 Å². The minimum absolute atomic E-state index is 0.242. The summed E-state index contributed by atoms with van der Waals surface area (Å²) >= 11 is 0. The first-order chi connectivity index (χ1) is 13.6. The minimum Gasteiger partial charge on any atom is -0.462 e. The average molecular weight is 424 g/mol. The normalized spacial score (nSPS) is 12.3. The van der Waals surface area contributed by atoms with Crippen LogP contribution < -0.4 is 10.7 Å². The lowest BCUT2D eigenvalue weighted by Crippen LogP contribution is -2.41. The zero-order valence-electron chi connectivity index (χ0n) is 18.6. The number of hydrogen-bond donors (Lipinski definition) is 2. The number of amides is 2. The number of ether oxygens (including phenoxy) is 1. The summed E-state index contributed by atoms with van der Waals surface area (Å²) in [6, 6.07) is 8.54. The number of anilines is 1. The van der Waals surface area contributed by atoms with Gasteiger partial charge >= 0.3 is 12.0 Å². The Morgan fingerprint density at radius 1 is 1.00 bits per heavy atom. The van der Waals surface area contributed by atoms with E-state index in [-0.39, 0.29) is 6.61 Å². The van der Waals surface area contributed by atoms with Gasteiger partial charge < -0.3 is 10.1 Å². The van der Waals surface area contributed by atoms with E-state index in [9.17, 15) is 9.59 Å². The second kappa shape index (κ2) is 11.1. The van der Waals surface area contributed by atoms with E-state index in [1.54, 1.807) is 26.0 Å². The van der Waals surface area contributed by atoms with E-state index in [0.717, 1.165) is 0 Å². The summed E-state index contributed by atoms with van der Waals surface area (Å²) in [6.07, 6.45) is 0. The van der Waals surface area contributed by atoms with Crippen molar-refractivity contribution in [1.82, 2.24) is 19.4 Å². The van der Waals surface area contributed by atoms with Gasteiger partial charge in [-0.2, -0.15) is 5.10 Å². The smallest absolute Gasteiger partial charge is 0.343 e. The maximum absolute atomic E-state index is 13.0. The molecule has 29 heavy (non-hydrogen) atoms. The van der Waals surface area contributed by atoms with Crippen LogP contribution in [0.1, 0.15) is 13.8 Å². The Morgan fingerprint density at radius 2 is 1.52 bits per heavy atom. The summed E-state index contributed by atoms with van der Waals surface area (Å²) in [7, 11) is 9.02. The molecule has 0 radical (unpaired) electrons. The van der Waals surface area contributed by atoms with Gasteiger partial charge in [0.15, 0.2) is 0 Å².